The molecule has 1 unspecified atom stereocenters. The summed E-state index contributed by atoms with van der Waals surface area (Å²) in [6.45, 7) is 3.26. The highest BCUT2D eigenvalue weighted by molar-refractivity contribution is 5.96. The van der Waals surface area contributed by atoms with E-state index in [1.165, 1.54) is 7.05 Å². The first-order valence-electron chi connectivity index (χ1n) is 4.88. The van der Waals surface area contributed by atoms with Gasteiger partial charge in [0.1, 0.15) is 0 Å². The van der Waals surface area contributed by atoms with E-state index in [-0.39, 0.29) is 11.9 Å². The smallest absolute Gasteiger partial charge is 0.321 e. The van der Waals surface area contributed by atoms with Gasteiger partial charge in [-0.2, -0.15) is 0 Å². The number of nitrogens with zero attached hydrogens (tertiary/aromatic N) is 1. The van der Waals surface area contributed by atoms with Gasteiger partial charge in [-0.25, -0.2) is 4.79 Å². The number of likely N-dealkylation sites (N-methyl/N-ethyl adjacent to an activating group) is 1. The van der Waals surface area contributed by atoms with Crippen LogP contribution in [0, 0.1) is 0 Å². The lowest BCUT2D eigenvalue weighted by molar-refractivity contribution is -0.121. The number of carbonyl (C=O) groups excluding carboxylic acids is 2. The summed E-state index contributed by atoms with van der Waals surface area (Å²) in [7, 11) is 5.38. The van der Waals surface area contributed by atoms with Crippen molar-refractivity contribution in [2.45, 2.75) is 13.0 Å². The molecule has 0 spiro atoms. The van der Waals surface area contributed by atoms with E-state index >= 15 is 0 Å². The Morgan fingerprint density at radius 1 is 1.33 bits per heavy atom. The first-order chi connectivity index (χ1) is 6.97. The number of rotatable bonds is 5. The fourth-order valence-corrected chi connectivity index (χ4v) is 0.880. The van der Waals surface area contributed by atoms with Gasteiger partial charge in [-0.1, -0.05) is 0 Å². The van der Waals surface area contributed by atoms with Crippen LogP contribution >= 0.6 is 0 Å². The highest BCUT2D eigenvalue weighted by Gasteiger charge is 2.13. The molecule has 0 aliphatic heterocycles. The van der Waals surface area contributed by atoms with Gasteiger partial charge in [0.25, 0.3) is 0 Å². The van der Waals surface area contributed by atoms with Crippen molar-refractivity contribution in [3.63, 3.8) is 0 Å². The van der Waals surface area contributed by atoms with Gasteiger partial charge in [-0.15, -0.1) is 0 Å². The Balaban J connectivity index is 3.74. The van der Waals surface area contributed by atoms with Gasteiger partial charge in [0.05, 0.1) is 6.04 Å². The van der Waals surface area contributed by atoms with Gasteiger partial charge in [-0.3, -0.25) is 10.1 Å². The molecule has 0 heterocycles. The van der Waals surface area contributed by atoms with Crippen molar-refractivity contribution in [1.29, 1.82) is 0 Å². The third-order valence-electron chi connectivity index (χ3n) is 1.87. The highest BCUT2D eigenvalue weighted by atomic mass is 16.2. The summed E-state index contributed by atoms with van der Waals surface area (Å²) in [6.07, 6.45) is 0. The van der Waals surface area contributed by atoms with Gasteiger partial charge in [-0.05, 0) is 21.0 Å². The maximum atomic E-state index is 11.3. The predicted molar refractivity (Wildman–Crippen MR) is 58.6 cm³/mol. The molecule has 0 aromatic heterocycles. The second-order valence-electron chi connectivity index (χ2n) is 3.55. The zero-order chi connectivity index (χ0) is 11.8. The van der Waals surface area contributed by atoms with Crippen LogP contribution in [0.15, 0.2) is 0 Å². The van der Waals surface area contributed by atoms with Crippen molar-refractivity contribution in [3.8, 4) is 0 Å². The molecule has 0 saturated heterocycles. The minimum atomic E-state index is -0.485. The quantitative estimate of drug-likeness (QED) is 0.550. The fraction of sp³-hybridized carbons (Fsp3) is 0.778. The van der Waals surface area contributed by atoms with Crippen molar-refractivity contribution in [1.82, 2.24) is 20.9 Å². The highest BCUT2D eigenvalue weighted by Crippen LogP contribution is 1.82. The summed E-state index contributed by atoms with van der Waals surface area (Å²) in [5, 5.41) is 7.53. The molecule has 0 rings (SSSR count). The largest absolute Gasteiger partial charge is 0.341 e. The Kier molecular flexibility index (Phi) is 6.64. The summed E-state index contributed by atoms with van der Waals surface area (Å²) >= 11 is 0. The van der Waals surface area contributed by atoms with Crippen molar-refractivity contribution >= 4 is 11.9 Å². The topological polar surface area (TPSA) is 73.5 Å². The Morgan fingerprint density at radius 3 is 2.40 bits per heavy atom. The third-order valence-corrected chi connectivity index (χ3v) is 1.87. The summed E-state index contributed by atoms with van der Waals surface area (Å²) in [5.74, 6) is -0.326. The minimum absolute atomic E-state index is 0.326. The lowest BCUT2D eigenvalue weighted by atomic mass is 10.3. The zero-order valence-electron chi connectivity index (χ0n) is 9.76. The molecule has 0 bridgehead atoms. The van der Waals surface area contributed by atoms with Crippen LogP contribution in [0.4, 0.5) is 4.79 Å². The average Bonchev–Trinajstić information content (AvgIpc) is 2.16. The molecular weight excluding hydrogens is 196 g/mol. The number of hydrogen-bond acceptors (Lipinski definition) is 4. The van der Waals surface area contributed by atoms with E-state index in [0.717, 1.165) is 6.54 Å². The molecule has 0 saturated carbocycles. The van der Waals surface area contributed by atoms with Crippen LogP contribution in [-0.2, 0) is 4.79 Å². The Bertz CT molecular complexity index is 218. The third kappa shape index (κ3) is 6.87. The van der Waals surface area contributed by atoms with Gasteiger partial charge >= 0.3 is 6.03 Å². The SMILES string of the molecule is CNC(=O)NC(=O)C(C)NCCN(C)C. The van der Waals surface area contributed by atoms with Gasteiger partial charge < -0.3 is 15.5 Å². The van der Waals surface area contributed by atoms with E-state index in [1.54, 1.807) is 6.92 Å². The zero-order valence-corrected chi connectivity index (χ0v) is 9.76. The summed E-state index contributed by atoms with van der Waals surface area (Å²) < 4.78 is 0. The second-order valence-corrected chi connectivity index (χ2v) is 3.55. The van der Waals surface area contributed by atoms with Crippen LogP contribution in [0.5, 0.6) is 0 Å². The normalized spacial score (nSPS) is 12.3. The Hall–Kier alpha value is -1.14. The summed E-state index contributed by atoms with van der Waals surface area (Å²) in [6, 6.07) is -0.858. The van der Waals surface area contributed by atoms with Gasteiger partial charge in [0.15, 0.2) is 0 Å². The van der Waals surface area contributed by atoms with E-state index in [0.29, 0.717) is 6.54 Å². The molecule has 0 aliphatic carbocycles. The van der Waals surface area contributed by atoms with Gasteiger partial charge in [0, 0.05) is 20.1 Å². The van der Waals surface area contributed by atoms with Crippen molar-refractivity contribution in [2.75, 3.05) is 34.2 Å². The van der Waals surface area contributed by atoms with Crippen molar-refractivity contribution < 1.29 is 9.59 Å². The fourth-order valence-electron chi connectivity index (χ4n) is 0.880. The van der Waals surface area contributed by atoms with Gasteiger partial charge in [0.2, 0.25) is 5.91 Å². The number of imide groups is 1. The van der Waals surface area contributed by atoms with Crippen LogP contribution in [0.1, 0.15) is 6.92 Å². The van der Waals surface area contributed by atoms with E-state index < -0.39 is 6.03 Å². The van der Waals surface area contributed by atoms with E-state index in [2.05, 4.69) is 16.0 Å². The summed E-state index contributed by atoms with van der Waals surface area (Å²) in [4.78, 5) is 24.2. The first-order valence-corrected chi connectivity index (χ1v) is 4.88. The molecule has 0 aliphatic rings. The number of carbonyl (C=O) groups is 2. The number of urea groups is 1. The summed E-state index contributed by atoms with van der Waals surface area (Å²) in [5.41, 5.74) is 0. The van der Waals surface area contributed by atoms with Crippen LogP contribution in [-0.4, -0.2) is 57.1 Å². The standard InChI is InChI=1S/C9H20N4O2/c1-7(11-5-6-13(3)4)8(14)12-9(15)10-2/h7,11H,5-6H2,1-4H3,(H2,10,12,14,15). The van der Waals surface area contributed by atoms with Crippen LogP contribution in [0.2, 0.25) is 0 Å². The molecule has 0 aromatic rings. The average molecular weight is 216 g/mol. The minimum Gasteiger partial charge on any atom is -0.341 e. The number of hydrogen-bond donors (Lipinski definition) is 3. The molecule has 1 atom stereocenters. The van der Waals surface area contributed by atoms with Crippen molar-refractivity contribution in [3.05, 3.63) is 0 Å². The monoisotopic (exact) mass is 216 g/mol. The molecule has 0 radical (unpaired) electrons. The lowest BCUT2D eigenvalue weighted by Gasteiger charge is -2.15. The lowest BCUT2D eigenvalue weighted by Crippen LogP contribution is -2.48. The molecule has 6 nitrogen and oxygen atoms in total. The van der Waals surface area contributed by atoms with E-state index in [4.69, 9.17) is 0 Å². The van der Waals surface area contributed by atoms with Crippen LogP contribution in [0.25, 0.3) is 0 Å². The van der Waals surface area contributed by atoms with Crippen LogP contribution in [0.3, 0.4) is 0 Å². The van der Waals surface area contributed by atoms with E-state index in [9.17, 15) is 9.59 Å². The maximum Gasteiger partial charge on any atom is 0.321 e. The predicted octanol–water partition coefficient (Wildman–Crippen LogP) is -1.02. The molecule has 6 heteroatoms. The number of nitrogens with one attached hydrogen (secondary N) is 3. The molecular formula is C9H20N4O2. The first kappa shape index (κ1) is 13.9. The van der Waals surface area contributed by atoms with Crippen molar-refractivity contribution in [2.24, 2.45) is 0 Å². The molecule has 88 valence electrons. The molecule has 0 fully saturated rings. The molecule has 0 aromatic carbocycles. The van der Waals surface area contributed by atoms with E-state index in [1.807, 2.05) is 19.0 Å². The molecule has 3 amide bonds. The Morgan fingerprint density at radius 2 is 1.93 bits per heavy atom. The second kappa shape index (κ2) is 7.19. The maximum absolute atomic E-state index is 11.3. The van der Waals surface area contributed by atoms with Crippen LogP contribution < -0.4 is 16.0 Å². The molecule has 15 heavy (non-hydrogen) atoms. The number of amides is 3. The molecule has 3 N–H and O–H groups in total. The Labute approximate surface area is 90.4 Å².